The summed E-state index contributed by atoms with van der Waals surface area (Å²) in [7, 11) is -2.15. The fourth-order valence-electron chi connectivity index (χ4n) is 5.79. The van der Waals surface area contributed by atoms with Gasteiger partial charge in [-0.05, 0) is 61.4 Å². The number of nitrogens with one attached hydrogen (secondary N) is 1. The molecule has 1 aromatic heterocycles. The molecular formula is C30H37N3O6S. The summed E-state index contributed by atoms with van der Waals surface area (Å²) in [5.74, 6) is 1.10. The Balaban J connectivity index is 1.34. The Labute approximate surface area is 236 Å². The van der Waals surface area contributed by atoms with Gasteiger partial charge >= 0.3 is 0 Å². The van der Waals surface area contributed by atoms with Crippen molar-refractivity contribution in [1.29, 1.82) is 0 Å². The van der Waals surface area contributed by atoms with Gasteiger partial charge in [-0.3, -0.25) is 4.79 Å². The molecule has 1 aliphatic carbocycles. The summed E-state index contributed by atoms with van der Waals surface area (Å²) in [5, 5.41) is 3.27. The highest BCUT2D eigenvalue weighted by Gasteiger charge is 2.39. The number of hydrogen-bond acceptors (Lipinski definition) is 6. The standard InChI is InChI=1S/C30H37N3O6S/c1-37-28-12-6-5-11-27(28)30(34)31-29(23-8-3-2-4-9-23)24-13-15-25(16-14-24)33(22-26-10-7-19-39-26)40(35,36)32-17-20-38-21-18-32/h2-12,19,24-25,29H,13-18,20-22H2,1H3,(H,31,34). The monoisotopic (exact) mass is 567 g/mol. The molecule has 2 heterocycles. The number of benzene rings is 2. The van der Waals surface area contributed by atoms with E-state index in [0.29, 0.717) is 56.2 Å². The lowest BCUT2D eigenvalue weighted by Crippen LogP contribution is -2.52. The van der Waals surface area contributed by atoms with Crippen molar-refractivity contribution in [2.45, 2.75) is 44.3 Å². The SMILES string of the molecule is COc1ccccc1C(=O)NC(c1ccccc1)C1CCC(N(Cc2ccco2)S(=O)(=O)N2CCOCC2)CC1. The highest BCUT2D eigenvalue weighted by molar-refractivity contribution is 7.86. The molecule has 2 aliphatic rings. The summed E-state index contributed by atoms with van der Waals surface area (Å²) in [5.41, 5.74) is 1.52. The Morgan fingerprint density at radius 2 is 1.70 bits per heavy atom. The van der Waals surface area contributed by atoms with Crippen molar-refractivity contribution in [2.75, 3.05) is 33.4 Å². The Hall–Kier alpha value is -3.18. The van der Waals surface area contributed by atoms with Crippen molar-refractivity contribution < 1.29 is 27.1 Å². The lowest BCUT2D eigenvalue weighted by atomic mass is 9.79. The number of morpholine rings is 1. The highest BCUT2D eigenvalue weighted by atomic mass is 32.2. The summed E-state index contributed by atoms with van der Waals surface area (Å²) in [6.45, 7) is 1.67. The molecule has 1 N–H and O–H groups in total. The van der Waals surface area contributed by atoms with E-state index in [0.717, 1.165) is 18.4 Å². The van der Waals surface area contributed by atoms with Gasteiger partial charge in [0.05, 0.1) is 44.7 Å². The van der Waals surface area contributed by atoms with Crippen molar-refractivity contribution in [1.82, 2.24) is 13.9 Å². The first-order valence-corrected chi connectivity index (χ1v) is 15.2. The summed E-state index contributed by atoms with van der Waals surface area (Å²) in [6, 6.07) is 20.4. The number of amides is 1. The lowest BCUT2D eigenvalue weighted by molar-refractivity contribution is 0.0671. The number of ether oxygens (including phenoxy) is 2. The fourth-order valence-corrected chi connectivity index (χ4v) is 7.57. The summed E-state index contributed by atoms with van der Waals surface area (Å²) in [4.78, 5) is 13.4. The van der Waals surface area contributed by atoms with Crippen molar-refractivity contribution >= 4 is 16.1 Å². The minimum absolute atomic E-state index is 0.147. The van der Waals surface area contributed by atoms with Crippen LogP contribution >= 0.6 is 0 Å². The van der Waals surface area contributed by atoms with Gasteiger partial charge in [0.1, 0.15) is 11.5 Å². The van der Waals surface area contributed by atoms with Crippen LogP contribution in [0.1, 0.15) is 53.4 Å². The molecule has 1 saturated heterocycles. The van der Waals surface area contributed by atoms with E-state index in [4.69, 9.17) is 13.9 Å². The molecule has 1 unspecified atom stereocenters. The van der Waals surface area contributed by atoms with E-state index >= 15 is 0 Å². The maximum atomic E-state index is 13.8. The van der Waals surface area contributed by atoms with Crippen LogP contribution < -0.4 is 10.1 Å². The Morgan fingerprint density at radius 3 is 2.38 bits per heavy atom. The van der Waals surface area contributed by atoms with Crippen LogP contribution in [-0.2, 0) is 21.5 Å². The molecule has 5 rings (SSSR count). The summed E-state index contributed by atoms with van der Waals surface area (Å²) < 4.78 is 47.1. The molecule has 1 atom stereocenters. The Morgan fingerprint density at radius 1 is 1.00 bits per heavy atom. The highest BCUT2D eigenvalue weighted by Crippen LogP contribution is 2.38. The van der Waals surface area contributed by atoms with Crippen LogP contribution in [0.15, 0.2) is 77.4 Å². The van der Waals surface area contributed by atoms with Gasteiger partial charge < -0.3 is 19.2 Å². The molecule has 0 radical (unpaired) electrons. The number of carbonyl (C=O) groups excluding carboxylic acids is 1. The van der Waals surface area contributed by atoms with E-state index in [9.17, 15) is 13.2 Å². The van der Waals surface area contributed by atoms with Crippen LogP contribution in [0.25, 0.3) is 0 Å². The fraction of sp³-hybridized carbons (Fsp3) is 0.433. The maximum absolute atomic E-state index is 13.8. The van der Waals surface area contributed by atoms with Gasteiger partial charge in [-0.2, -0.15) is 17.0 Å². The van der Waals surface area contributed by atoms with E-state index in [1.54, 1.807) is 35.9 Å². The second-order valence-corrected chi connectivity index (χ2v) is 12.2. The van der Waals surface area contributed by atoms with Gasteiger partial charge in [0.2, 0.25) is 0 Å². The van der Waals surface area contributed by atoms with E-state index in [1.165, 1.54) is 4.31 Å². The number of rotatable bonds is 10. The van der Waals surface area contributed by atoms with Crippen LogP contribution in [0, 0.1) is 5.92 Å². The zero-order valence-electron chi connectivity index (χ0n) is 22.8. The molecule has 0 spiro atoms. The summed E-state index contributed by atoms with van der Waals surface area (Å²) >= 11 is 0. The number of furan rings is 1. The quantitative estimate of drug-likeness (QED) is 0.390. The van der Waals surface area contributed by atoms with E-state index in [1.807, 2.05) is 48.5 Å². The largest absolute Gasteiger partial charge is 0.496 e. The third-order valence-corrected chi connectivity index (χ3v) is 9.94. The number of para-hydroxylation sites is 1. The molecule has 3 aromatic rings. The second kappa shape index (κ2) is 13.0. The molecule has 0 bridgehead atoms. The van der Waals surface area contributed by atoms with Gasteiger partial charge in [-0.1, -0.05) is 42.5 Å². The van der Waals surface area contributed by atoms with Gasteiger partial charge in [0, 0.05) is 19.1 Å². The van der Waals surface area contributed by atoms with Crippen LogP contribution in [0.4, 0.5) is 0 Å². The first kappa shape index (κ1) is 28.4. The van der Waals surface area contributed by atoms with Gasteiger partial charge in [0.25, 0.3) is 16.1 Å². The van der Waals surface area contributed by atoms with Gasteiger partial charge in [-0.15, -0.1) is 0 Å². The molecular weight excluding hydrogens is 530 g/mol. The van der Waals surface area contributed by atoms with Crippen LogP contribution in [0.2, 0.25) is 0 Å². The van der Waals surface area contributed by atoms with Crippen molar-refractivity contribution in [2.24, 2.45) is 5.92 Å². The maximum Gasteiger partial charge on any atom is 0.282 e. The van der Waals surface area contributed by atoms with E-state index in [2.05, 4.69) is 5.32 Å². The molecule has 9 nitrogen and oxygen atoms in total. The molecule has 2 aromatic carbocycles. The second-order valence-electron chi connectivity index (χ2n) is 10.3. The minimum Gasteiger partial charge on any atom is -0.496 e. The zero-order valence-corrected chi connectivity index (χ0v) is 23.6. The minimum atomic E-state index is -3.71. The first-order chi connectivity index (χ1) is 19.5. The number of nitrogens with zero attached hydrogens (tertiary/aromatic N) is 2. The average Bonchev–Trinajstić information content (AvgIpc) is 3.53. The number of carbonyl (C=O) groups is 1. The molecule has 214 valence electrons. The number of hydrogen-bond donors (Lipinski definition) is 1. The van der Waals surface area contributed by atoms with Crippen molar-refractivity contribution in [3.63, 3.8) is 0 Å². The Bertz CT molecular complexity index is 1330. The smallest absolute Gasteiger partial charge is 0.282 e. The predicted molar refractivity (Wildman–Crippen MR) is 151 cm³/mol. The topological polar surface area (TPSA) is 101 Å². The lowest BCUT2D eigenvalue weighted by Gasteiger charge is -2.40. The number of methoxy groups -OCH3 is 1. The van der Waals surface area contributed by atoms with Gasteiger partial charge in [-0.25, -0.2) is 0 Å². The third-order valence-electron chi connectivity index (χ3n) is 7.90. The first-order valence-electron chi connectivity index (χ1n) is 13.8. The predicted octanol–water partition coefficient (Wildman–Crippen LogP) is 4.40. The zero-order chi connectivity index (χ0) is 28.0. The molecule has 1 amide bonds. The van der Waals surface area contributed by atoms with Crippen LogP contribution in [0.3, 0.4) is 0 Å². The van der Waals surface area contributed by atoms with Gasteiger partial charge in [0.15, 0.2) is 0 Å². The van der Waals surface area contributed by atoms with Crippen molar-refractivity contribution in [3.8, 4) is 5.75 Å². The Kier molecular flexibility index (Phi) is 9.21. The summed E-state index contributed by atoms with van der Waals surface area (Å²) in [6.07, 6.45) is 4.47. The van der Waals surface area contributed by atoms with E-state index in [-0.39, 0.29) is 30.5 Å². The average molecular weight is 568 g/mol. The van der Waals surface area contributed by atoms with Crippen molar-refractivity contribution in [3.05, 3.63) is 89.9 Å². The molecule has 40 heavy (non-hydrogen) atoms. The molecule has 1 aliphatic heterocycles. The molecule has 2 fully saturated rings. The van der Waals surface area contributed by atoms with Crippen LogP contribution in [-0.4, -0.2) is 62.4 Å². The van der Waals surface area contributed by atoms with Crippen LogP contribution in [0.5, 0.6) is 5.75 Å². The molecule has 10 heteroatoms. The normalized spacial score (nSPS) is 21.1. The third kappa shape index (κ3) is 6.41. The van der Waals surface area contributed by atoms with E-state index < -0.39 is 10.2 Å². The molecule has 1 saturated carbocycles.